The van der Waals surface area contributed by atoms with Gasteiger partial charge in [0.25, 0.3) is 23.6 Å². The van der Waals surface area contributed by atoms with E-state index in [9.17, 15) is 47.9 Å². The van der Waals surface area contributed by atoms with Gasteiger partial charge in [-0.3, -0.25) is 43.2 Å². The van der Waals surface area contributed by atoms with E-state index in [1.807, 2.05) is 0 Å². The van der Waals surface area contributed by atoms with E-state index in [2.05, 4.69) is 79.5 Å². The molecule has 32 heteroatoms. The van der Waals surface area contributed by atoms with Crippen LogP contribution in [0.4, 0.5) is 28.7 Å². The van der Waals surface area contributed by atoms with E-state index < -0.39 is 41.4 Å². The number of imidazole rings is 3. The number of aryl methyl sites for hydroxylation is 5. The quantitative estimate of drug-likeness (QED) is 0.0122. The van der Waals surface area contributed by atoms with Crippen molar-refractivity contribution >= 4 is 94.9 Å². The fraction of sp³-hybridized carbons (Fsp3) is 0.393. The number of likely N-dealkylation sites (N-methyl/N-ethyl adjacent to an activating group) is 1. The zero-order valence-electron chi connectivity index (χ0n) is 50.3. The molecular weight excluding hydrogens is 1140 g/mol. The smallest absolute Gasteiger partial charge is 0.374 e. The molecule has 6 heterocycles. The minimum absolute atomic E-state index is 0.000790. The molecule has 8 amide bonds. The monoisotopic (exact) mass is 1220 g/mol. The second kappa shape index (κ2) is 34.3. The second-order valence-corrected chi connectivity index (χ2v) is 19.8. The number of aldehydes is 1. The highest BCUT2D eigenvalue weighted by atomic mass is 16.5. The number of hydrogen-bond acceptors (Lipinski definition) is 18. The summed E-state index contributed by atoms with van der Waals surface area (Å²) in [5.41, 5.74) is 7.76. The number of hydrogen-bond donors (Lipinski definition) is 11. The van der Waals surface area contributed by atoms with Gasteiger partial charge in [-0.2, -0.15) is 0 Å². The predicted octanol–water partition coefficient (Wildman–Crippen LogP) is 2.06. The maximum absolute atomic E-state index is 13.5. The molecule has 12 N–H and O–H groups in total. The Hall–Kier alpha value is -10.7. The van der Waals surface area contributed by atoms with Crippen LogP contribution in [0.5, 0.6) is 0 Å². The summed E-state index contributed by atoms with van der Waals surface area (Å²) in [6, 6.07) is 4.57. The van der Waals surface area contributed by atoms with E-state index in [1.54, 1.807) is 87.7 Å². The molecule has 0 fully saturated rings. The maximum Gasteiger partial charge on any atom is 0.374 e. The van der Waals surface area contributed by atoms with E-state index in [0.29, 0.717) is 54.6 Å². The minimum atomic E-state index is -0.610. The lowest BCUT2D eigenvalue weighted by atomic mass is 10.2. The molecule has 0 aliphatic heterocycles. The Bertz CT molecular complexity index is 3450. The summed E-state index contributed by atoms with van der Waals surface area (Å²) in [4.78, 5) is 145. The number of carbonyl (C=O) groups excluding carboxylic acids is 10. The summed E-state index contributed by atoms with van der Waals surface area (Å²) in [6.07, 6.45) is 16.6. The Morgan fingerprint density at radius 3 is 2.00 bits per heavy atom. The second-order valence-electron chi connectivity index (χ2n) is 19.8. The number of unbranched alkanes of at least 4 members (excludes halogenated alkanes) is 3. The molecular formula is C56H77N21O11. The largest absolute Gasteiger partial charge is 0.460 e. The third-order valence-corrected chi connectivity index (χ3v) is 12.7. The van der Waals surface area contributed by atoms with Gasteiger partial charge < -0.3 is 91.0 Å². The van der Waals surface area contributed by atoms with E-state index >= 15 is 0 Å². The SMILES string of the molecule is C=N/C(=C\N(C)CC(=O)NCCC(=O)Nc1cc(C=O)n(C)c1)NC(=O)CCCNC(=O)c1cc(NC(=O)c2nc(NC(=O)CCNC(=O)c3cc(NC(=O)c4nccn4C)cn3C)cn2C)cn1CCCCCCN.CCOC(=O)c1ncc(NC)[nH]1. The van der Waals surface area contributed by atoms with Crippen molar-refractivity contribution in [2.45, 2.75) is 64.8 Å². The molecule has 0 unspecified atom stereocenters. The number of aliphatic imine (C=N–C) groups is 1. The highest BCUT2D eigenvalue weighted by Gasteiger charge is 2.21. The van der Waals surface area contributed by atoms with Crippen LogP contribution in [0.15, 0.2) is 78.6 Å². The summed E-state index contributed by atoms with van der Waals surface area (Å²) >= 11 is 0. The minimum Gasteiger partial charge on any atom is -0.460 e. The lowest BCUT2D eigenvalue weighted by Gasteiger charge is -2.15. The number of nitrogens with two attached hydrogens (primary N) is 1. The average Bonchev–Trinajstić information content (AvgIpc) is 4.50. The van der Waals surface area contributed by atoms with E-state index in [4.69, 9.17) is 10.5 Å². The van der Waals surface area contributed by atoms with Crippen molar-refractivity contribution in [3.05, 3.63) is 108 Å². The number of amides is 8. The number of aromatic nitrogens is 9. The molecule has 0 bridgehead atoms. The number of nitrogens with zero attached hydrogens (tertiary/aromatic N) is 10. The molecule has 0 aliphatic rings. The molecule has 0 spiro atoms. The Labute approximate surface area is 506 Å². The van der Waals surface area contributed by atoms with E-state index in [-0.39, 0.29) is 104 Å². The van der Waals surface area contributed by atoms with Crippen molar-refractivity contribution in [2.75, 3.05) is 80.0 Å². The van der Waals surface area contributed by atoms with Crippen molar-refractivity contribution < 1.29 is 52.7 Å². The maximum atomic E-state index is 13.5. The summed E-state index contributed by atoms with van der Waals surface area (Å²) in [7, 11) is 9.92. The van der Waals surface area contributed by atoms with Crippen LogP contribution in [0, 0.1) is 0 Å². The summed E-state index contributed by atoms with van der Waals surface area (Å²) in [6.45, 7) is 6.70. The highest BCUT2D eigenvalue weighted by Crippen LogP contribution is 2.19. The number of esters is 1. The van der Waals surface area contributed by atoms with Crippen molar-refractivity contribution in [3.63, 3.8) is 0 Å². The van der Waals surface area contributed by atoms with Crippen LogP contribution in [-0.4, -0.2) is 167 Å². The van der Waals surface area contributed by atoms with Crippen molar-refractivity contribution in [2.24, 2.45) is 38.9 Å². The molecule has 32 nitrogen and oxygen atoms in total. The van der Waals surface area contributed by atoms with Crippen LogP contribution in [0.1, 0.15) is 122 Å². The van der Waals surface area contributed by atoms with Crippen molar-refractivity contribution in [1.82, 2.24) is 68.9 Å². The lowest BCUT2D eigenvalue weighted by Crippen LogP contribution is -2.35. The summed E-state index contributed by atoms with van der Waals surface area (Å²) in [5, 5.41) is 24.4. The molecule has 0 saturated carbocycles. The first-order valence-corrected chi connectivity index (χ1v) is 28.0. The summed E-state index contributed by atoms with van der Waals surface area (Å²) in [5.74, 6) is -2.72. The van der Waals surface area contributed by atoms with Gasteiger partial charge >= 0.3 is 5.97 Å². The zero-order valence-corrected chi connectivity index (χ0v) is 50.3. The number of rotatable bonds is 33. The van der Waals surface area contributed by atoms with Gasteiger partial charge in [-0.15, -0.1) is 0 Å². The van der Waals surface area contributed by atoms with Crippen molar-refractivity contribution in [1.29, 1.82) is 0 Å². The first kappa shape index (κ1) is 68.1. The van der Waals surface area contributed by atoms with Crippen LogP contribution in [0.2, 0.25) is 0 Å². The van der Waals surface area contributed by atoms with Crippen LogP contribution in [0.25, 0.3) is 0 Å². The zero-order chi connectivity index (χ0) is 64.3. The van der Waals surface area contributed by atoms with Crippen molar-refractivity contribution in [3.8, 4) is 0 Å². The Morgan fingerprint density at radius 2 is 1.34 bits per heavy atom. The molecule has 0 aromatic carbocycles. The van der Waals surface area contributed by atoms with Gasteiger partial charge in [0.05, 0.1) is 42.1 Å². The Balaban J connectivity index is 0.00000105. The molecule has 0 saturated heterocycles. The molecule has 0 radical (unpaired) electrons. The Morgan fingerprint density at radius 1 is 0.693 bits per heavy atom. The highest BCUT2D eigenvalue weighted by molar-refractivity contribution is 6.04. The van der Waals surface area contributed by atoms with Gasteiger partial charge in [0.2, 0.25) is 35.3 Å². The topological polar surface area (TPSA) is 409 Å². The molecule has 472 valence electrons. The van der Waals surface area contributed by atoms with Gasteiger partial charge in [-0.05, 0) is 57.6 Å². The molecule has 6 rings (SSSR count). The fourth-order valence-electron chi connectivity index (χ4n) is 8.33. The first-order chi connectivity index (χ1) is 42.1. The third-order valence-electron chi connectivity index (χ3n) is 12.7. The van der Waals surface area contributed by atoms with Crippen LogP contribution < -0.4 is 53.6 Å². The predicted molar refractivity (Wildman–Crippen MR) is 326 cm³/mol. The fourth-order valence-corrected chi connectivity index (χ4v) is 8.33. The van der Waals surface area contributed by atoms with E-state index in [1.165, 1.54) is 57.0 Å². The number of nitrogens with one attached hydrogen (secondary N) is 10. The van der Waals surface area contributed by atoms with Gasteiger partial charge in [0.15, 0.2) is 17.9 Å². The summed E-state index contributed by atoms with van der Waals surface area (Å²) < 4.78 is 12.6. The third kappa shape index (κ3) is 21.4. The lowest BCUT2D eigenvalue weighted by molar-refractivity contribution is -0.122. The molecule has 6 aromatic heterocycles. The standard InChI is InChI=1S/C49H66N18O9.C7H11N3O2/c1-51-38(28-62(2)30-43(72)52-17-13-41(70)56-32-22-35(31-68)64(4)25-32)59-40(69)12-11-16-54-47(74)37-24-34(27-67(37)20-10-8-7-9-15-50)58-49(76)45-61-39(29-66(45)6)60-42(71)14-18-55-46(73)36-23-33(26-65(36)5)57-48(75)44-53-19-21-63(44)3;1-3-12-7(11)6-9-4-5(8-2)10-6/h19,21-29,31H,1,7-18,20,30,50H2,2-6H3,(H,52,72)(H,54,74)(H,55,73)(H,56,70)(H,57,75)(H,58,76)(H,59,69)(H,60,71);4,8H,3H2,1-2H3,(H,9,10)/b38-28+;. The van der Waals surface area contributed by atoms with Crippen LogP contribution in [0.3, 0.4) is 0 Å². The number of anilines is 5. The van der Waals surface area contributed by atoms with Crippen LogP contribution in [-0.2, 0) is 58.7 Å². The molecule has 6 aromatic rings. The van der Waals surface area contributed by atoms with Gasteiger partial charge in [0.1, 0.15) is 23.0 Å². The molecule has 0 aliphatic carbocycles. The van der Waals surface area contributed by atoms with E-state index in [0.717, 1.165) is 25.7 Å². The molecule has 0 atom stereocenters. The van der Waals surface area contributed by atoms with Gasteiger partial charge in [-0.1, -0.05) is 12.8 Å². The number of ether oxygens (including phenoxy) is 1. The number of aromatic amines is 1. The number of carbonyl (C=O) groups is 10. The average molecular weight is 1220 g/mol. The van der Waals surface area contributed by atoms with Crippen LogP contribution >= 0.6 is 0 Å². The Kier molecular flexibility index (Phi) is 26.6. The van der Waals surface area contributed by atoms with Gasteiger partial charge in [-0.25, -0.2) is 24.7 Å². The first-order valence-electron chi connectivity index (χ1n) is 28.0. The number of H-pyrrole nitrogens is 1. The van der Waals surface area contributed by atoms with Gasteiger partial charge in [0, 0.05) is 131 Å². The normalized spacial score (nSPS) is 10.8. The molecule has 88 heavy (non-hydrogen) atoms.